The summed E-state index contributed by atoms with van der Waals surface area (Å²) in [5, 5.41) is 16.6. The lowest BCUT2D eigenvalue weighted by Crippen LogP contribution is -2.13. The molecule has 158 valence electrons. The highest BCUT2D eigenvalue weighted by atomic mass is 19.1. The average molecular weight is 427 g/mol. The Labute approximate surface area is 182 Å². The molecule has 0 fully saturated rings. The normalized spacial score (nSPS) is 11.2. The molecule has 5 aromatic rings. The molecule has 0 saturated carbocycles. The van der Waals surface area contributed by atoms with Crippen LogP contribution < -0.4 is 0 Å². The molecule has 0 unspecified atom stereocenters. The summed E-state index contributed by atoms with van der Waals surface area (Å²) in [4.78, 5) is 17.7. The van der Waals surface area contributed by atoms with Crippen LogP contribution in [0.25, 0.3) is 28.3 Å². The minimum Gasteiger partial charge on any atom is -0.292 e. The minimum absolute atomic E-state index is 0.151. The zero-order valence-corrected chi connectivity index (χ0v) is 17.4. The Kier molecular flexibility index (Phi) is 4.78. The van der Waals surface area contributed by atoms with Gasteiger partial charge in [0.2, 0.25) is 0 Å². The van der Waals surface area contributed by atoms with Crippen molar-refractivity contribution in [3.05, 3.63) is 83.7 Å². The number of aromatic nitrogens is 7. The van der Waals surface area contributed by atoms with Crippen LogP contribution in [0.4, 0.5) is 4.39 Å². The molecule has 0 N–H and O–H groups in total. The molecule has 5 rings (SSSR count). The maximum absolute atomic E-state index is 14.8. The van der Waals surface area contributed by atoms with Gasteiger partial charge in [0.1, 0.15) is 11.5 Å². The highest BCUT2D eigenvalue weighted by molar-refractivity contribution is 6.01. The van der Waals surface area contributed by atoms with E-state index in [1.54, 1.807) is 25.5 Å². The van der Waals surface area contributed by atoms with Crippen LogP contribution in [0.1, 0.15) is 21.6 Å². The van der Waals surface area contributed by atoms with E-state index in [9.17, 15) is 9.18 Å². The predicted molar refractivity (Wildman–Crippen MR) is 115 cm³/mol. The number of hydrogen-bond donors (Lipinski definition) is 0. The van der Waals surface area contributed by atoms with E-state index in [0.29, 0.717) is 28.4 Å². The van der Waals surface area contributed by atoms with Crippen LogP contribution in [0.5, 0.6) is 0 Å². The first-order valence-electron chi connectivity index (χ1n) is 9.95. The fourth-order valence-electron chi connectivity index (χ4n) is 3.65. The van der Waals surface area contributed by atoms with Crippen molar-refractivity contribution in [3.8, 4) is 22.6 Å². The molecule has 0 saturated heterocycles. The van der Waals surface area contributed by atoms with Crippen molar-refractivity contribution >= 4 is 11.4 Å². The van der Waals surface area contributed by atoms with Crippen molar-refractivity contribution in [1.29, 1.82) is 0 Å². The molecule has 0 spiro atoms. The first kappa shape index (κ1) is 19.7. The molecule has 0 amide bonds. The molecule has 0 aliphatic heterocycles. The van der Waals surface area contributed by atoms with Crippen LogP contribution >= 0.6 is 0 Å². The number of nitrogens with zero attached hydrogens (tertiary/aromatic N) is 7. The Hall–Kier alpha value is -4.27. The van der Waals surface area contributed by atoms with Gasteiger partial charge >= 0.3 is 0 Å². The Morgan fingerprint density at radius 2 is 1.97 bits per heavy atom. The van der Waals surface area contributed by atoms with Gasteiger partial charge in [-0.15, -0.1) is 5.10 Å². The van der Waals surface area contributed by atoms with E-state index in [0.717, 1.165) is 11.1 Å². The summed E-state index contributed by atoms with van der Waals surface area (Å²) in [5.74, 6) is -0.327. The van der Waals surface area contributed by atoms with Crippen LogP contribution in [-0.4, -0.2) is 40.4 Å². The van der Waals surface area contributed by atoms with Crippen molar-refractivity contribution in [3.63, 3.8) is 0 Å². The molecule has 8 nitrogen and oxygen atoms in total. The number of carbonyl (C=O) groups is 1. The molecule has 0 radical (unpaired) electrons. The smallest absolute Gasteiger partial charge is 0.186 e. The van der Waals surface area contributed by atoms with Crippen LogP contribution in [0, 0.1) is 12.7 Å². The van der Waals surface area contributed by atoms with Crippen LogP contribution in [0.2, 0.25) is 0 Å². The minimum atomic E-state index is -0.533. The largest absolute Gasteiger partial charge is 0.292 e. The lowest BCUT2D eigenvalue weighted by Gasteiger charge is -2.08. The van der Waals surface area contributed by atoms with Crippen LogP contribution in [-0.2, 0) is 13.5 Å². The third-order valence-corrected chi connectivity index (χ3v) is 5.27. The number of fused-ring (bicyclic) bond motifs is 1. The standard InChI is InChI=1S/C23H18FN7O/c1-14-8-9-25-28-21(14)17-12-26-30(2)22(17)19(32)10-16-11-20-27-23(15-6-4-3-5-7-15)29-31(20)13-18(16)24/h3-9,11-13H,10H2,1-2H3. The van der Waals surface area contributed by atoms with E-state index < -0.39 is 5.82 Å². The van der Waals surface area contributed by atoms with Gasteiger partial charge in [0.25, 0.3) is 0 Å². The molecule has 9 heteroatoms. The summed E-state index contributed by atoms with van der Waals surface area (Å²) in [5.41, 5.74) is 3.88. The van der Waals surface area contributed by atoms with E-state index in [4.69, 9.17) is 0 Å². The van der Waals surface area contributed by atoms with Gasteiger partial charge < -0.3 is 0 Å². The molecule has 4 heterocycles. The Morgan fingerprint density at radius 1 is 1.16 bits per heavy atom. The number of ketones is 1. The maximum Gasteiger partial charge on any atom is 0.186 e. The van der Waals surface area contributed by atoms with Gasteiger partial charge in [-0.3, -0.25) is 9.48 Å². The SMILES string of the molecule is Cc1ccnnc1-c1cnn(C)c1C(=O)Cc1cc2nc(-c3ccccc3)nn2cc1F. The second-order valence-corrected chi connectivity index (χ2v) is 7.44. The van der Waals surface area contributed by atoms with Gasteiger partial charge in [-0.05, 0) is 24.6 Å². The predicted octanol–water partition coefficient (Wildman–Crippen LogP) is 3.46. The third kappa shape index (κ3) is 3.43. The van der Waals surface area contributed by atoms with Crippen LogP contribution in [0.15, 0.2) is 61.1 Å². The Balaban J connectivity index is 1.50. The quantitative estimate of drug-likeness (QED) is 0.399. The van der Waals surface area contributed by atoms with E-state index in [1.165, 1.54) is 15.4 Å². The summed E-state index contributed by atoms with van der Waals surface area (Å²) < 4.78 is 17.7. The molecule has 0 bridgehead atoms. The molecule has 4 aromatic heterocycles. The van der Waals surface area contributed by atoms with Crippen molar-refractivity contribution in [1.82, 2.24) is 34.6 Å². The number of Topliss-reactive ketones (excluding diaryl/α,β-unsaturated/α-hetero) is 1. The Morgan fingerprint density at radius 3 is 2.75 bits per heavy atom. The number of benzene rings is 1. The van der Waals surface area contributed by atoms with Crippen molar-refractivity contribution in [2.45, 2.75) is 13.3 Å². The van der Waals surface area contributed by atoms with E-state index >= 15 is 0 Å². The molecular weight excluding hydrogens is 409 g/mol. The average Bonchev–Trinajstić information content (AvgIpc) is 3.38. The van der Waals surface area contributed by atoms with Crippen molar-refractivity contribution in [2.24, 2.45) is 7.05 Å². The number of pyridine rings is 1. The molecule has 1 aromatic carbocycles. The molecule has 0 atom stereocenters. The second kappa shape index (κ2) is 7.77. The van der Waals surface area contributed by atoms with Gasteiger partial charge in [-0.2, -0.15) is 15.3 Å². The van der Waals surface area contributed by atoms with Crippen LogP contribution in [0.3, 0.4) is 0 Å². The summed E-state index contributed by atoms with van der Waals surface area (Å²) in [6.45, 7) is 1.88. The third-order valence-electron chi connectivity index (χ3n) is 5.27. The summed E-state index contributed by atoms with van der Waals surface area (Å²) in [7, 11) is 1.67. The monoisotopic (exact) mass is 427 g/mol. The van der Waals surface area contributed by atoms with Crippen molar-refractivity contribution < 1.29 is 9.18 Å². The zero-order chi connectivity index (χ0) is 22.2. The van der Waals surface area contributed by atoms with E-state index in [-0.39, 0.29) is 17.8 Å². The fourth-order valence-corrected chi connectivity index (χ4v) is 3.65. The zero-order valence-electron chi connectivity index (χ0n) is 17.4. The first-order valence-corrected chi connectivity index (χ1v) is 9.95. The van der Waals surface area contributed by atoms with Gasteiger partial charge in [0, 0.05) is 30.8 Å². The highest BCUT2D eigenvalue weighted by Gasteiger charge is 2.22. The lowest BCUT2D eigenvalue weighted by atomic mass is 10.0. The number of hydrogen-bond acceptors (Lipinski definition) is 6. The van der Waals surface area contributed by atoms with Crippen molar-refractivity contribution in [2.75, 3.05) is 0 Å². The topological polar surface area (TPSA) is 90.9 Å². The van der Waals surface area contributed by atoms with E-state index in [1.807, 2.05) is 43.3 Å². The number of halogens is 1. The lowest BCUT2D eigenvalue weighted by molar-refractivity contribution is 0.0983. The first-order chi connectivity index (χ1) is 15.5. The molecular formula is C23H18FN7O. The van der Waals surface area contributed by atoms with Gasteiger partial charge in [-0.25, -0.2) is 13.9 Å². The molecule has 0 aliphatic carbocycles. The van der Waals surface area contributed by atoms with Gasteiger partial charge in [-0.1, -0.05) is 30.3 Å². The van der Waals surface area contributed by atoms with Gasteiger partial charge in [0.15, 0.2) is 17.3 Å². The number of rotatable bonds is 5. The van der Waals surface area contributed by atoms with Gasteiger partial charge in [0.05, 0.1) is 23.7 Å². The number of carbonyl (C=O) groups excluding carboxylic acids is 1. The Bertz CT molecular complexity index is 1460. The fraction of sp³-hybridized carbons (Fsp3) is 0.130. The summed E-state index contributed by atoms with van der Waals surface area (Å²) >= 11 is 0. The number of aryl methyl sites for hydroxylation is 2. The molecule has 0 aliphatic rings. The summed E-state index contributed by atoms with van der Waals surface area (Å²) in [6, 6.07) is 12.8. The second-order valence-electron chi connectivity index (χ2n) is 7.44. The maximum atomic E-state index is 14.8. The molecule has 32 heavy (non-hydrogen) atoms. The highest BCUT2D eigenvalue weighted by Crippen LogP contribution is 2.26. The summed E-state index contributed by atoms with van der Waals surface area (Å²) in [6.07, 6.45) is 4.26. The van der Waals surface area contributed by atoms with E-state index in [2.05, 4.69) is 25.4 Å².